The summed E-state index contributed by atoms with van der Waals surface area (Å²) in [5.74, 6) is -0.572. The van der Waals surface area contributed by atoms with E-state index >= 15 is 0 Å². The van der Waals surface area contributed by atoms with E-state index in [9.17, 15) is 19.2 Å². The lowest BCUT2D eigenvalue weighted by Crippen LogP contribution is -2.56. The van der Waals surface area contributed by atoms with Crippen molar-refractivity contribution >= 4 is 40.2 Å². The quantitative estimate of drug-likeness (QED) is 0.293. The average molecular weight is 680 g/mol. The monoisotopic (exact) mass is 679 g/mol. The maximum Gasteiger partial charge on any atom is 0.302 e. The van der Waals surface area contributed by atoms with Crippen LogP contribution in [0, 0.1) is 17.9 Å². The van der Waals surface area contributed by atoms with E-state index in [4.69, 9.17) is 11.3 Å². The number of fused-ring (bicyclic) bond motifs is 3. The number of benzene rings is 2. The molecule has 4 aliphatic rings. The molecule has 3 fully saturated rings. The molecule has 2 aliphatic heterocycles. The van der Waals surface area contributed by atoms with E-state index in [-0.39, 0.29) is 36.1 Å². The number of para-hydroxylation sites is 1. The van der Waals surface area contributed by atoms with Gasteiger partial charge in [-0.15, -0.1) is 0 Å². The summed E-state index contributed by atoms with van der Waals surface area (Å²) >= 11 is 0. The van der Waals surface area contributed by atoms with Crippen LogP contribution in [0.15, 0.2) is 42.6 Å². The number of likely N-dealkylation sites (tertiary alicyclic amines) is 1. The van der Waals surface area contributed by atoms with Crippen LogP contribution in [0.5, 0.6) is 5.75 Å². The highest BCUT2D eigenvalue weighted by molar-refractivity contribution is 6.07. The van der Waals surface area contributed by atoms with Gasteiger partial charge in [0.2, 0.25) is 11.8 Å². The maximum atomic E-state index is 14.6. The van der Waals surface area contributed by atoms with Gasteiger partial charge >= 0.3 is 6.17 Å². The minimum Gasteiger partial charge on any atom is -0.494 e. The van der Waals surface area contributed by atoms with Crippen LogP contribution < -0.4 is 15.4 Å². The molecule has 4 amide bonds. The first kappa shape index (κ1) is 33.6. The molecule has 262 valence electrons. The van der Waals surface area contributed by atoms with E-state index in [1.165, 1.54) is 9.80 Å². The van der Waals surface area contributed by atoms with Gasteiger partial charge in [0.25, 0.3) is 11.8 Å². The summed E-state index contributed by atoms with van der Waals surface area (Å²) in [7, 11) is 3.16. The molecule has 0 bridgehead atoms. The number of carbonyl (C=O) groups is 4. The molecule has 1 aromatic heterocycles. The third-order valence-corrected chi connectivity index (χ3v) is 10.7. The van der Waals surface area contributed by atoms with Crippen molar-refractivity contribution in [3.8, 4) is 5.75 Å². The van der Waals surface area contributed by atoms with Gasteiger partial charge < -0.3 is 20.3 Å². The molecule has 7 rings (SSSR count). The van der Waals surface area contributed by atoms with Gasteiger partial charge in [0.1, 0.15) is 28.8 Å². The van der Waals surface area contributed by atoms with Crippen LogP contribution in [-0.2, 0) is 19.8 Å². The normalized spacial score (nSPS) is 22.5. The van der Waals surface area contributed by atoms with Crippen molar-refractivity contribution in [2.45, 2.75) is 95.4 Å². The summed E-state index contributed by atoms with van der Waals surface area (Å²) in [5.41, 5.74) is 1.14. The maximum absolute atomic E-state index is 14.6. The van der Waals surface area contributed by atoms with E-state index in [0.717, 1.165) is 36.6 Å². The second-order valence-corrected chi connectivity index (χ2v) is 15.8. The third-order valence-electron chi connectivity index (χ3n) is 10.7. The summed E-state index contributed by atoms with van der Waals surface area (Å²) in [6.07, 6.45) is 6.12. The Hall–Kier alpha value is -4.92. The van der Waals surface area contributed by atoms with Gasteiger partial charge in [0.15, 0.2) is 0 Å². The summed E-state index contributed by atoms with van der Waals surface area (Å²) in [4.78, 5) is 63.0. The summed E-state index contributed by atoms with van der Waals surface area (Å²) in [6.45, 7) is 14.1. The Bertz CT molecular complexity index is 1920. The zero-order chi connectivity index (χ0) is 35.5. The fourth-order valence-corrected chi connectivity index (χ4v) is 7.60. The lowest BCUT2D eigenvalue weighted by atomic mass is 9.80. The Morgan fingerprint density at radius 3 is 2.58 bits per heavy atom. The van der Waals surface area contributed by atoms with Gasteiger partial charge in [0, 0.05) is 36.4 Å². The van der Waals surface area contributed by atoms with Crippen molar-refractivity contribution in [3.05, 3.63) is 65.1 Å². The van der Waals surface area contributed by atoms with E-state index in [1.807, 2.05) is 55.9 Å². The van der Waals surface area contributed by atoms with E-state index < -0.39 is 29.6 Å². The molecule has 12 nitrogen and oxygen atoms in total. The molecule has 2 N–H and O–H groups in total. The fourth-order valence-electron chi connectivity index (χ4n) is 7.60. The van der Waals surface area contributed by atoms with E-state index in [2.05, 4.69) is 20.6 Å². The standard InChI is InChI=1S/C38H45N7O5/c1-37(2,3)18-29(35(48)44-21-38(19-31(44)39-4)26-9-7-8-10-27(26)41-36(38)49)43(5)34(47)28(15-22-11-12-22)40-33(46)23-16-24-20-45(25-13-14-25)42-32(24)30(17-23)50-6/h7-10,16-17,20,22,25,28-29,31H,11-15,18-19,21H2,1-3,5-6H3,(H,40,46)(H,41,49)/t28-,29-,31-,38-/m0/s1. The summed E-state index contributed by atoms with van der Waals surface area (Å²) < 4.78 is 7.53. The summed E-state index contributed by atoms with van der Waals surface area (Å²) in [6, 6.07) is 9.43. The highest BCUT2D eigenvalue weighted by Crippen LogP contribution is 2.47. The SMILES string of the molecule is [C-]#[N+][C@@H]1C[C@@]2(CN1C(=O)[C@H](CC(C)(C)C)N(C)C(=O)[C@H](CC1CC1)NC(=O)c1cc(OC)c3nn(C4CC4)cc3c1)C(=O)Nc1ccccc12. The number of ether oxygens (including phenoxy) is 1. The van der Waals surface area contributed by atoms with Gasteiger partial charge in [-0.05, 0) is 60.8 Å². The van der Waals surface area contributed by atoms with Crippen molar-refractivity contribution in [2.24, 2.45) is 11.3 Å². The van der Waals surface area contributed by atoms with Crippen LogP contribution in [-0.4, -0.2) is 82.2 Å². The Morgan fingerprint density at radius 1 is 1.18 bits per heavy atom. The first-order chi connectivity index (χ1) is 23.8. The Morgan fingerprint density at radius 2 is 1.92 bits per heavy atom. The highest BCUT2D eigenvalue weighted by Gasteiger charge is 2.59. The first-order valence-corrected chi connectivity index (χ1v) is 17.5. The van der Waals surface area contributed by atoms with Gasteiger partial charge in [-0.25, -0.2) is 6.57 Å². The molecular formula is C38H45N7O5. The van der Waals surface area contributed by atoms with Crippen LogP contribution in [0.2, 0.25) is 0 Å². The topological polar surface area (TPSA) is 130 Å². The van der Waals surface area contributed by atoms with E-state index in [0.29, 0.717) is 47.3 Å². The number of aromatic nitrogens is 2. The van der Waals surface area contributed by atoms with Crippen molar-refractivity contribution in [1.29, 1.82) is 0 Å². The van der Waals surface area contributed by atoms with Gasteiger partial charge in [-0.1, -0.05) is 51.8 Å². The molecule has 0 radical (unpaired) electrons. The largest absolute Gasteiger partial charge is 0.494 e. The number of carbonyl (C=O) groups excluding carboxylic acids is 4. The van der Waals surface area contributed by atoms with Crippen LogP contribution in [0.25, 0.3) is 15.7 Å². The molecule has 2 saturated carbocycles. The number of hydrogen-bond acceptors (Lipinski definition) is 6. The number of methoxy groups -OCH3 is 1. The molecule has 2 aromatic carbocycles. The number of likely N-dealkylation sites (N-methyl/N-ethyl adjacent to an activating group) is 1. The minimum absolute atomic E-state index is 0.0499. The van der Waals surface area contributed by atoms with Crippen molar-refractivity contribution in [2.75, 3.05) is 26.0 Å². The smallest absolute Gasteiger partial charge is 0.302 e. The number of amides is 4. The Labute approximate surface area is 292 Å². The van der Waals surface area contributed by atoms with Gasteiger partial charge in [-0.2, -0.15) is 5.10 Å². The lowest BCUT2D eigenvalue weighted by Gasteiger charge is -2.36. The number of hydrogen-bond donors (Lipinski definition) is 2. The predicted octanol–water partition coefficient (Wildman–Crippen LogP) is 4.91. The molecule has 3 heterocycles. The molecule has 0 unspecified atom stereocenters. The minimum atomic E-state index is -1.03. The molecule has 50 heavy (non-hydrogen) atoms. The number of nitrogens with one attached hydrogen (secondary N) is 2. The van der Waals surface area contributed by atoms with Crippen molar-refractivity contribution in [1.82, 2.24) is 24.9 Å². The van der Waals surface area contributed by atoms with Crippen LogP contribution in [0.4, 0.5) is 5.69 Å². The highest BCUT2D eigenvalue weighted by atomic mass is 16.5. The van der Waals surface area contributed by atoms with Gasteiger partial charge in [-0.3, -0.25) is 33.6 Å². The fraction of sp³-hybridized carbons (Fsp3) is 0.526. The second kappa shape index (κ2) is 12.4. The average Bonchev–Trinajstić information content (AvgIpc) is 4.01. The predicted molar refractivity (Wildman–Crippen MR) is 187 cm³/mol. The third kappa shape index (κ3) is 6.18. The molecule has 12 heteroatoms. The zero-order valence-electron chi connectivity index (χ0n) is 29.4. The molecule has 1 saturated heterocycles. The molecule has 2 aliphatic carbocycles. The van der Waals surface area contributed by atoms with Crippen LogP contribution in [0.3, 0.4) is 0 Å². The zero-order valence-corrected chi connectivity index (χ0v) is 29.4. The molecule has 1 spiro atoms. The molecule has 4 atom stereocenters. The molecular weight excluding hydrogens is 634 g/mol. The van der Waals surface area contributed by atoms with Crippen LogP contribution >= 0.6 is 0 Å². The van der Waals surface area contributed by atoms with E-state index in [1.54, 1.807) is 26.3 Å². The molecule has 3 aromatic rings. The van der Waals surface area contributed by atoms with Crippen molar-refractivity contribution < 1.29 is 23.9 Å². The van der Waals surface area contributed by atoms with Crippen LogP contribution in [0.1, 0.15) is 87.7 Å². The van der Waals surface area contributed by atoms with Crippen molar-refractivity contribution in [3.63, 3.8) is 0 Å². The Kier molecular flexibility index (Phi) is 8.36. The first-order valence-electron chi connectivity index (χ1n) is 17.5. The number of nitrogens with zero attached hydrogens (tertiary/aromatic N) is 5. The second-order valence-electron chi connectivity index (χ2n) is 15.8. The Balaban J connectivity index is 1.15. The van der Waals surface area contributed by atoms with Gasteiger partial charge in [0.05, 0.1) is 19.6 Å². The number of anilines is 1. The lowest BCUT2D eigenvalue weighted by molar-refractivity contribution is -0.147. The summed E-state index contributed by atoms with van der Waals surface area (Å²) in [5, 5.41) is 11.4. The number of rotatable bonds is 10.